The molecule has 1 aliphatic rings. The first-order valence-electron chi connectivity index (χ1n) is 8.04. The van der Waals surface area contributed by atoms with Crippen molar-refractivity contribution in [1.29, 1.82) is 0 Å². The maximum Gasteiger partial charge on any atom is 0.0334 e. The average molecular weight is 295 g/mol. The Hall–Kier alpha value is -0.380. The Labute approximate surface area is 128 Å². The Morgan fingerprint density at radius 3 is 2.60 bits per heavy atom. The number of aryl methyl sites for hydroxylation is 1. The molecule has 1 aliphatic heterocycles. The van der Waals surface area contributed by atoms with E-state index >= 15 is 0 Å². The third-order valence-corrected chi connectivity index (χ3v) is 6.12. The Bertz CT molecular complexity index is 426. The number of nitrogens with one attached hydrogen (secondary N) is 1. The zero-order valence-electron chi connectivity index (χ0n) is 13.7. The van der Waals surface area contributed by atoms with Gasteiger partial charge in [0.15, 0.2) is 0 Å². The van der Waals surface area contributed by atoms with Crippen molar-refractivity contribution in [3.8, 4) is 0 Å². The van der Waals surface area contributed by atoms with Crippen LogP contribution >= 0.6 is 11.3 Å². The Balaban J connectivity index is 2.11. The van der Waals surface area contributed by atoms with Crippen molar-refractivity contribution in [3.63, 3.8) is 0 Å². The molecule has 0 amide bonds. The van der Waals surface area contributed by atoms with Gasteiger partial charge in [-0.25, -0.2) is 0 Å². The minimum atomic E-state index is 0.293. The minimum Gasteiger partial charge on any atom is -0.311 e. The third-order valence-electron chi connectivity index (χ3n) is 4.90. The molecule has 0 spiro atoms. The number of hydrogen-bond acceptors (Lipinski definition) is 3. The first kappa shape index (κ1) is 16.0. The molecule has 1 N–H and O–H groups in total. The summed E-state index contributed by atoms with van der Waals surface area (Å²) in [6, 6.07) is 5.25. The van der Waals surface area contributed by atoms with Gasteiger partial charge in [0.1, 0.15) is 0 Å². The van der Waals surface area contributed by atoms with E-state index in [0.29, 0.717) is 17.5 Å². The normalized spacial score (nSPS) is 28.2. The topological polar surface area (TPSA) is 15.3 Å². The average Bonchev–Trinajstić information content (AvgIpc) is 2.89. The Morgan fingerprint density at radius 2 is 2.05 bits per heavy atom. The molecular formula is C17H30N2S. The van der Waals surface area contributed by atoms with E-state index in [9.17, 15) is 0 Å². The highest BCUT2D eigenvalue weighted by molar-refractivity contribution is 7.11. The summed E-state index contributed by atoms with van der Waals surface area (Å²) < 4.78 is 0. The van der Waals surface area contributed by atoms with Crippen LogP contribution in [0.4, 0.5) is 0 Å². The highest BCUT2D eigenvalue weighted by Gasteiger charge is 2.37. The van der Waals surface area contributed by atoms with Crippen LogP contribution in [0.2, 0.25) is 0 Å². The van der Waals surface area contributed by atoms with E-state index in [0.717, 1.165) is 19.5 Å². The highest BCUT2D eigenvalue weighted by atomic mass is 32.1. The van der Waals surface area contributed by atoms with Crippen LogP contribution in [0.1, 0.15) is 50.8 Å². The van der Waals surface area contributed by atoms with Crippen molar-refractivity contribution in [2.24, 2.45) is 5.92 Å². The number of thiophene rings is 1. The van der Waals surface area contributed by atoms with Crippen molar-refractivity contribution in [2.75, 3.05) is 13.1 Å². The van der Waals surface area contributed by atoms with Crippen molar-refractivity contribution in [2.45, 2.75) is 65.6 Å². The highest BCUT2D eigenvalue weighted by Crippen LogP contribution is 2.28. The van der Waals surface area contributed by atoms with Crippen molar-refractivity contribution in [1.82, 2.24) is 10.2 Å². The van der Waals surface area contributed by atoms with Gasteiger partial charge in [-0.1, -0.05) is 27.7 Å². The number of nitrogens with zero attached hydrogens (tertiary/aromatic N) is 1. The fraction of sp³-hybridized carbons (Fsp3) is 0.765. The van der Waals surface area contributed by atoms with Gasteiger partial charge in [-0.15, -0.1) is 11.3 Å². The fourth-order valence-corrected chi connectivity index (χ4v) is 3.89. The van der Waals surface area contributed by atoms with Crippen molar-refractivity contribution in [3.05, 3.63) is 21.9 Å². The zero-order valence-corrected chi connectivity index (χ0v) is 14.5. The van der Waals surface area contributed by atoms with Gasteiger partial charge in [0.25, 0.3) is 0 Å². The lowest BCUT2D eigenvalue weighted by Gasteiger charge is -2.48. The van der Waals surface area contributed by atoms with E-state index in [1.807, 2.05) is 11.3 Å². The van der Waals surface area contributed by atoms with Crippen LogP contribution in [-0.2, 0) is 13.0 Å². The molecule has 1 aromatic rings. The summed E-state index contributed by atoms with van der Waals surface area (Å²) in [6.45, 7) is 15.0. The van der Waals surface area contributed by atoms with Crippen LogP contribution in [0, 0.1) is 5.92 Å². The molecule has 0 radical (unpaired) electrons. The first-order chi connectivity index (χ1) is 9.48. The van der Waals surface area contributed by atoms with Crippen LogP contribution in [0.15, 0.2) is 12.1 Å². The maximum absolute atomic E-state index is 3.75. The molecule has 2 atom stereocenters. The van der Waals surface area contributed by atoms with E-state index in [2.05, 4.69) is 57.0 Å². The fourth-order valence-electron chi connectivity index (χ4n) is 2.92. The van der Waals surface area contributed by atoms with Gasteiger partial charge in [-0.2, -0.15) is 0 Å². The smallest absolute Gasteiger partial charge is 0.0334 e. The zero-order chi connectivity index (χ0) is 14.8. The number of rotatable bonds is 5. The molecule has 3 heteroatoms. The van der Waals surface area contributed by atoms with Crippen LogP contribution in [0.5, 0.6) is 0 Å². The van der Waals surface area contributed by atoms with Gasteiger partial charge >= 0.3 is 0 Å². The number of hydrogen-bond donors (Lipinski definition) is 1. The molecule has 2 heterocycles. The van der Waals surface area contributed by atoms with E-state index in [1.165, 1.54) is 22.7 Å². The summed E-state index contributed by atoms with van der Waals surface area (Å²) in [7, 11) is 0. The molecule has 1 aromatic heterocycles. The summed E-state index contributed by atoms with van der Waals surface area (Å²) in [4.78, 5) is 5.74. The quantitative estimate of drug-likeness (QED) is 0.886. The second-order valence-corrected chi connectivity index (χ2v) is 7.94. The van der Waals surface area contributed by atoms with E-state index in [-0.39, 0.29) is 0 Å². The minimum absolute atomic E-state index is 0.293. The SMILES string of the molecule is CCc1ccc(CN2CC(C(C)C)NCC2(C)CC)s1. The molecule has 0 aliphatic carbocycles. The van der Waals surface area contributed by atoms with Gasteiger partial charge < -0.3 is 5.32 Å². The van der Waals surface area contributed by atoms with Crippen LogP contribution < -0.4 is 5.32 Å². The summed E-state index contributed by atoms with van der Waals surface area (Å²) in [6.07, 6.45) is 2.36. The van der Waals surface area contributed by atoms with Crippen LogP contribution in [-0.4, -0.2) is 29.6 Å². The lowest BCUT2D eigenvalue weighted by Crippen LogP contribution is -2.63. The molecule has 20 heavy (non-hydrogen) atoms. The van der Waals surface area contributed by atoms with E-state index in [4.69, 9.17) is 0 Å². The molecular weight excluding hydrogens is 264 g/mol. The van der Waals surface area contributed by atoms with Crippen molar-refractivity contribution < 1.29 is 0 Å². The lowest BCUT2D eigenvalue weighted by molar-refractivity contribution is 0.0325. The van der Waals surface area contributed by atoms with E-state index < -0.39 is 0 Å². The standard InChI is InChI=1S/C17H30N2S/c1-6-14-8-9-15(20-14)10-19-11-16(13(3)4)18-12-17(19,5)7-2/h8-9,13,16,18H,6-7,10-12H2,1-5H3. The van der Waals surface area contributed by atoms with Crippen molar-refractivity contribution >= 4 is 11.3 Å². The Morgan fingerprint density at radius 1 is 1.35 bits per heavy atom. The van der Waals surface area contributed by atoms with E-state index in [1.54, 1.807) is 0 Å². The first-order valence-corrected chi connectivity index (χ1v) is 8.86. The molecule has 2 nitrogen and oxygen atoms in total. The van der Waals surface area contributed by atoms with Gasteiger partial charge in [0.05, 0.1) is 0 Å². The second kappa shape index (κ2) is 6.59. The predicted octanol–water partition coefficient (Wildman–Crippen LogP) is 3.91. The molecule has 114 valence electrons. The molecule has 0 aromatic carbocycles. The molecule has 1 saturated heterocycles. The third kappa shape index (κ3) is 3.44. The van der Waals surface area contributed by atoms with Gasteiger partial charge in [0.2, 0.25) is 0 Å². The molecule has 0 saturated carbocycles. The lowest BCUT2D eigenvalue weighted by atomic mass is 9.89. The van der Waals surface area contributed by atoms with Crippen LogP contribution in [0.3, 0.4) is 0 Å². The molecule has 0 bridgehead atoms. The summed E-state index contributed by atoms with van der Waals surface area (Å²) in [5.74, 6) is 0.702. The maximum atomic E-state index is 3.75. The van der Waals surface area contributed by atoms with Gasteiger partial charge in [-0.05, 0) is 37.8 Å². The largest absolute Gasteiger partial charge is 0.311 e. The Kier molecular flexibility index (Phi) is 5.27. The summed E-state index contributed by atoms with van der Waals surface area (Å²) in [5, 5.41) is 3.75. The second-order valence-electron chi connectivity index (χ2n) is 6.68. The van der Waals surface area contributed by atoms with Gasteiger partial charge in [0, 0.05) is 41.0 Å². The molecule has 1 fully saturated rings. The van der Waals surface area contributed by atoms with Crippen LogP contribution in [0.25, 0.3) is 0 Å². The number of piperazine rings is 1. The predicted molar refractivity (Wildman–Crippen MR) is 89.4 cm³/mol. The monoisotopic (exact) mass is 294 g/mol. The molecule has 2 rings (SSSR count). The summed E-state index contributed by atoms with van der Waals surface area (Å²) in [5.41, 5.74) is 0.293. The summed E-state index contributed by atoms with van der Waals surface area (Å²) >= 11 is 1.99. The van der Waals surface area contributed by atoms with Gasteiger partial charge in [-0.3, -0.25) is 4.90 Å². The molecule has 2 unspecified atom stereocenters.